The van der Waals surface area contributed by atoms with Crippen LogP contribution in [0.2, 0.25) is 0 Å². The van der Waals surface area contributed by atoms with Crippen LogP contribution in [-0.4, -0.2) is 50.9 Å². The summed E-state index contributed by atoms with van der Waals surface area (Å²) in [6.07, 6.45) is 1.54. The summed E-state index contributed by atoms with van der Waals surface area (Å²) in [5, 5.41) is 2.73. The number of hydrogen-bond donors (Lipinski definition) is 1. The maximum Gasteiger partial charge on any atom is 0.419 e. The van der Waals surface area contributed by atoms with Gasteiger partial charge in [0.1, 0.15) is 5.75 Å². The average Bonchev–Trinajstić information content (AvgIpc) is 2.71. The highest BCUT2D eigenvalue weighted by molar-refractivity contribution is 5.90. The van der Waals surface area contributed by atoms with Gasteiger partial charge in [-0.1, -0.05) is 37.6 Å². The quantitative estimate of drug-likeness (QED) is 0.626. The zero-order chi connectivity index (χ0) is 21.1. The van der Waals surface area contributed by atoms with E-state index < -0.39 is 6.09 Å². The van der Waals surface area contributed by atoms with Gasteiger partial charge in [-0.2, -0.15) is 0 Å². The molecule has 156 valence electrons. The lowest BCUT2D eigenvalue weighted by Gasteiger charge is -2.22. The van der Waals surface area contributed by atoms with E-state index in [1.165, 1.54) is 9.80 Å². The van der Waals surface area contributed by atoms with Crippen molar-refractivity contribution < 1.29 is 19.1 Å². The van der Waals surface area contributed by atoms with Crippen molar-refractivity contribution in [2.45, 2.75) is 19.8 Å². The number of amides is 3. The van der Waals surface area contributed by atoms with Gasteiger partial charge in [0.2, 0.25) is 0 Å². The van der Waals surface area contributed by atoms with Crippen molar-refractivity contribution in [2.75, 3.05) is 44.1 Å². The Labute approximate surface area is 172 Å². The second-order valence-corrected chi connectivity index (χ2v) is 6.67. The Hall–Kier alpha value is -3.06. The van der Waals surface area contributed by atoms with E-state index in [9.17, 15) is 9.59 Å². The van der Waals surface area contributed by atoms with Crippen molar-refractivity contribution in [3.05, 3.63) is 54.6 Å². The Bertz CT molecular complexity index is 781. The zero-order valence-corrected chi connectivity index (χ0v) is 17.3. The molecule has 0 radical (unpaired) electrons. The molecule has 0 bridgehead atoms. The first-order valence-corrected chi connectivity index (χ1v) is 9.71. The topological polar surface area (TPSA) is 71.1 Å². The van der Waals surface area contributed by atoms with Gasteiger partial charge in [-0.05, 0) is 30.7 Å². The van der Waals surface area contributed by atoms with Crippen molar-refractivity contribution >= 4 is 23.5 Å². The number of unbranched alkanes of at least 4 members (excludes halogenated alkanes) is 1. The van der Waals surface area contributed by atoms with Crippen molar-refractivity contribution in [3.8, 4) is 5.75 Å². The van der Waals surface area contributed by atoms with E-state index in [4.69, 9.17) is 9.47 Å². The van der Waals surface area contributed by atoms with Crippen LogP contribution in [0.1, 0.15) is 19.8 Å². The molecule has 2 rings (SSSR count). The molecule has 0 spiro atoms. The van der Waals surface area contributed by atoms with Crippen LogP contribution in [-0.2, 0) is 4.74 Å². The first-order valence-electron chi connectivity index (χ1n) is 9.71. The maximum absolute atomic E-state index is 12.8. The minimum absolute atomic E-state index is 0.261. The number of anilines is 2. The number of para-hydroxylation sites is 1. The van der Waals surface area contributed by atoms with Gasteiger partial charge in [0.15, 0.2) is 0 Å². The summed E-state index contributed by atoms with van der Waals surface area (Å²) in [4.78, 5) is 27.6. The summed E-state index contributed by atoms with van der Waals surface area (Å²) in [5.74, 6) is 0.347. The highest BCUT2D eigenvalue weighted by atomic mass is 16.6. The van der Waals surface area contributed by atoms with Gasteiger partial charge in [-0.15, -0.1) is 0 Å². The van der Waals surface area contributed by atoms with E-state index >= 15 is 0 Å². The largest absolute Gasteiger partial charge is 0.419 e. The van der Waals surface area contributed by atoms with Crippen molar-refractivity contribution in [1.82, 2.24) is 4.90 Å². The Kier molecular flexibility index (Phi) is 8.98. The molecule has 7 heteroatoms. The van der Waals surface area contributed by atoms with Gasteiger partial charge >= 0.3 is 12.1 Å². The van der Waals surface area contributed by atoms with Crippen molar-refractivity contribution in [2.24, 2.45) is 0 Å². The summed E-state index contributed by atoms with van der Waals surface area (Å²) >= 11 is 0. The number of nitrogens with zero attached hydrogens (tertiary/aromatic N) is 2. The number of ether oxygens (including phenoxy) is 2. The summed E-state index contributed by atoms with van der Waals surface area (Å²) < 4.78 is 11.2. The molecule has 0 fully saturated rings. The molecule has 0 heterocycles. The van der Waals surface area contributed by atoms with Gasteiger partial charge < -0.3 is 19.7 Å². The first kappa shape index (κ1) is 22.2. The summed E-state index contributed by atoms with van der Waals surface area (Å²) in [6.45, 7) is 3.57. The molecule has 0 unspecified atom stereocenters. The van der Waals surface area contributed by atoms with Crippen LogP contribution in [0, 0.1) is 0 Å². The fraction of sp³-hybridized carbons (Fsp3) is 0.364. The zero-order valence-electron chi connectivity index (χ0n) is 17.3. The highest BCUT2D eigenvalue weighted by Gasteiger charge is 2.18. The Balaban J connectivity index is 2.06. The third kappa shape index (κ3) is 7.46. The minimum atomic E-state index is -0.508. The molecule has 0 saturated heterocycles. The summed E-state index contributed by atoms with van der Waals surface area (Å²) in [6, 6.07) is 15.8. The third-order valence-electron chi connectivity index (χ3n) is 4.09. The fourth-order valence-corrected chi connectivity index (χ4v) is 2.47. The Morgan fingerprint density at radius 1 is 1.00 bits per heavy atom. The minimum Gasteiger partial charge on any atom is -0.410 e. The van der Waals surface area contributed by atoms with E-state index in [1.54, 1.807) is 38.4 Å². The molecule has 29 heavy (non-hydrogen) atoms. The third-order valence-corrected chi connectivity index (χ3v) is 4.09. The number of rotatable bonds is 9. The molecule has 2 aromatic rings. The predicted molar refractivity (Wildman–Crippen MR) is 115 cm³/mol. The van der Waals surface area contributed by atoms with Gasteiger partial charge in [0, 0.05) is 38.1 Å². The van der Waals surface area contributed by atoms with Crippen LogP contribution in [0.15, 0.2) is 54.6 Å². The normalized spacial score (nSPS) is 10.3. The van der Waals surface area contributed by atoms with Gasteiger partial charge in [0.25, 0.3) is 0 Å². The van der Waals surface area contributed by atoms with Gasteiger partial charge in [0.05, 0.1) is 13.2 Å². The molecule has 0 aliphatic heterocycles. The van der Waals surface area contributed by atoms with Crippen molar-refractivity contribution in [3.63, 3.8) is 0 Å². The molecule has 2 aromatic carbocycles. The average molecular weight is 399 g/mol. The van der Waals surface area contributed by atoms with Gasteiger partial charge in [-0.25, -0.2) is 9.59 Å². The molecule has 0 aliphatic carbocycles. The van der Waals surface area contributed by atoms with Gasteiger partial charge in [-0.3, -0.25) is 4.90 Å². The molecule has 0 aromatic heterocycles. The molecule has 0 atom stereocenters. The van der Waals surface area contributed by atoms with Crippen LogP contribution >= 0.6 is 0 Å². The Morgan fingerprint density at radius 2 is 1.76 bits per heavy atom. The van der Waals surface area contributed by atoms with Crippen LogP contribution in [0.3, 0.4) is 0 Å². The summed E-state index contributed by atoms with van der Waals surface area (Å²) in [7, 11) is 3.30. The fourth-order valence-electron chi connectivity index (χ4n) is 2.47. The Morgan fingerprint density at radius 3 is 2.45 bits per heavy atom. The molecular formula is C22H29N3O4. The number of urea groups is 1. The molecule has 3 amide bonds. The smallest absolute Gasteiger partial charge is 0.410 e. The highest BCUT2D eigenvalue weighted by Crippen LogP contribution is 2.20. The summed E-state index contributed by atoms with van der Waals surface area (Å²) in [5.41, 5.74) is 1.27. The number of carbonyl (C=O) groups is 2. The molecule has 0 saturated carbocycles. The lowest BCUT2D eigenvalue weighted by atomic mass is 10.3. The molecule has 1 N–H and O–H groups in total. The maximum atomic E-state index is 12.8. The van der Waals surface area contributed by atoms with E-state index in [1.807, 2.05) is 30.3 Å². The van der Waals surface area contributed by atoms with Crippen LogP contribution in [0.5, 0.6) is 5.75 Å². The lowest BCUT2D eigenvalue weighted by Crippen LogP contribution is -2.36. The lowest BCUT2D eigenvalue weighted by molar-refractivity contribution is 0.135. The second kappa shape index (κ2) is 11.7. The van der Waals surface area contributed by atoms with E-state index in [2.05, 4.69) is 12.2 Å². The SMILES string of the molecule is CCCCOCCN(C(=O)Oc1cccc(NC(=O)N(C)C)c1)c1ccccc1. The molecule has 0 aliphatic rings. The van der Waals surface area contributed by atoms with Crippen LogP contribution in [0.25, 0.3) is 0 Å². The molecular weight excluding hydrogens is 370 g/mol. The first-order chi connectivity index (χ1) is 14.0. The number of carbonyl (C=O) groups excluding carboxylic acids is 2. The molecule has 7 nitrogen and oxygen atoms in total. The standard InChI is InChI=1S/C22H29N3O4/c1-4-5-15-28-16-14-25(19-11-7-6-8-12-19)22(27)29-20-13-9-10-18(17-20)23-21(26)24(2)3/h6-13,17H,4-5,14-16H2,1-3H3,(H,23,26). The van der Waals surface area contributed by atoms with Crippen LogP contribution in [0.4, 0.5) is 21.0 Å². The number of hydrogen-bond acceptors (Lipinski definition) is 4. The number of benzene rings is 2. The van der Waals surface area contributed by atoms with E-state index in [0.29, 0.717) is 31.2 Å². The van der Waals surface area contributed by atoms with Crippen LogP contribution < -0.4 is 15.0 Å². The number of nitrogens with one attached hydrogen (secondary N) is 1. The van der Waals surface area contributed by atoms with E-state index in [0.717, 1.165) is 18.5 Å². The van der Waals surface area contributed by atoms with Crippen molar-refractivity contribution in [1.29, 1.82) is 0 Å². The second-order valence-electron chi connectivity index (χ2n) is 6.67. The monoisotopic (exact) mass is 399 g/mol. The van der Waals surface area contributed by atoms with E-state index in [-0.39, 0.29) is 6.03 Å². The predicted octanol–water partition coefficient (Wildman–Crippen LogP) is 4.60.